The minimum atomic E-state index is -0.821. The molecule has 1 aromatic heterocycles. The van der Waals surface area contributed by atoms with E-state index in [9.17, 15) is 4.79 Å². The molecule has 0 saturated heterocycles. The van der Waals surface area contributed by atoms with Crippen LogP contribution in [0.1, 0.15) is 18.3 Å². The first-order chi connectivity index (χ1) is 7.45. The van der Waals surface area contributed by atoms with Gasteiger partial charge in [-0.2, -0.15) is 5.10 Å². The number of aliphatic carboxylic acids is 1. The van der Waals surface area contributed by atoms with E-state index in [2.05, 4.69) is 21.0 Å². The van der Waals surface area contributed by atoms with Crippen molar-refractivity contribution < 1.29 is 9.90 Å². The van der Waals surface area contributed by atoms with Gasteiger partial charge in [0.15, 0.2) is 0 Å². The molecule has 0 bridgehead atoms. The molecule has 0 aliphatic rings. The summed E-state index contributed by atoms with van der Waals surface area (Å²) in [6.07, 6.45) is 0. The van der Waals surface area contributed by atoms with E-state index in [0.29, 0.717) is 6.54 Å². The molecule has 16 heavy (non-hydrogen) atoms. The summed E-state index contributed by atoms with van der Waals surface area (Å²) in [4.78, 5) is 12.3. The lowest BCUT2D eigenvalue weighted by atomic mass is 10.3. The van der Waals surface area contributed by atoms with Crippen LogP contribution in [0.4, 0.5) is 0 Å². The van der Waals surface area contributed by atoms with Gasteiger partial charge in [-0.3, -0.25) is 14.4 Å². The van der Waals surface area contributed by atoms with E-state index in [1.165, 1.54) is 0 Å². The highest BCUT2D eigenvalue weighted by molar-refractivity contribution is 9.10. The Hall–Kier alpha value is -0.880. The molecule has 1 heterocycles. The average molecular weight is 290 g/mol. The van der Waals surface area contributed by atoms with Crippen LogP contribution in [0, 0.1) is 6.92 Å². The van der Waals surface area contributed by atoms with E-state index in [4.69, 9.17) is 5.11 Å². The lowest BCUT2D eigenvalue weighted by Crippen LogP contribution is -2.26. The second-order valence-corrected chi connectivity index (χ2v) is 4.52. The van der Waals surface area contributed by atoms with Crippen LogP contribution >= 0.6 is 15.9 Å². The van der Waals surface area contributed by atoms with E-state index < -0.39 is 5.97 Å². The number of hydrogen-bond donors (Lipinski definition) is 1. The molecule has 0 amide bonds. The maximum absolute atomic E-state index is 10.6. The Kier molecular flexibility index (Phi) is 4.49. The Bertz CT molecular complexity index is 390. The summed E-state index contributed by atoms with van der Waals surface area (Å²) in [5, 5.41) is 13.0. The zero-order valence-electron chi connectivity index (χ0n) is 9.70. The third-order valence-electron chi connectivity index (χ3n) is 2.28. The molecular formula is C10H16BrN3O2. The number of likely N-dealkylation sites (N-methyl/N-ethyl adjacent to an activating group) is 1. The molecule has 1 rings (SSSR count). The van der Waals surface area contributed by atoms with Gasteiger partial charge in [-0.1, -0.05) is 0 Å². The number of hydrogen-bond acceptors (Lipinski definition) is 3. The van der Waals surface area contributed by atoms with E-state index >= 15 is 0 Å². The summed E-state index contributed by atoms with van der Waals surface area (Å²) >= 11 is 3.48. The molecule has 1 N–H and O–H groups in total. The Morgan fingerprint density at radius 1 is 1.62 bits per heavy atom. The summed E-state index contributed by atoms with van der Waals surface area (Å²) in [6, 6.07) is 0. The van der Waals surface area contributed by atoms with Crippen molar-refractivity contribution in [3.63, 3.8) is 0 Å². The monoisotopic (exact) mass is 289 g/mol. The molecule has 0 saturated carbocycles. The summed E-state index contributed by atoms with van der Waals surface area (Å²) in [6.45, 7) is 5.32. The number of carboxylic acids is 1. The van der Waals surface area contributed by atoms with E-state index in [1.54, 1.807) is 11.9 Å². The Labute approximate surface area is 103 Å². The highest BCUT2D eigenvalue weighted by atomic mass is 79.9. The van der Waals surface area contributed by atoms with Gasteiger partial charge >= 0.3 is 5.97 Å². The summed E-state index contributed by atoms with van der Waals surface area (Å²) in [7, 11) is 1.78. The molecule has 0 aliphatic heterocycles. The Morgan fingerprint density at radius 2 is 2.25 bits per heavy atom. The van der Waals surface area contributed by atoms with E-state index in [-0.39, 0.29) is 6.54 Å². The van der Waals surface area contributed by atoms with Gasteiger partial charge in [-0.25, -0.2) is 0 Å². The van der Waals surface area contributed by atoms with Gasteiger partial charge < -0.3 is 5.11 Å². The minimum Gasteiger partial charge on any atom is -0.480 e. The molecule has 1 aromatic rings. The third-order valence-corrected chi connectivity index (χ3v) is 3.31. The van der Waals surface area contributed by atoms with Crippen molar-refractivity contribution >= 4 is 21.9 Å². The zero-order valence-corrected chi connectivity index (χ0v) is 11.3. The quantitative estimate of drug-likeness (QED) is 0.892. The summed E-state index contributed by atoms with van der Waals surface area (Å²) < 4.78 is 2.85. The standard InChI is InChI=1S/C10H16BrN3O2/c1-4-14-8(10(11)7(2)12-14)5-13(3)6-9(15)16/h4-6H2,1-3H3,(H,15,16). The van der Waals surface area contributed by atoms with Gasteiger partial charge in [0.2, 0.25) is 0 Å². The molecule has 90 valence electrons. The van der Waals surface area contributed by atoms with Crippen LogP contribution in [0.3, 0.4) is 0 Å². The normalized spacial score (nSPS) is 11.1. The van der Waals surface area contributed by atoms with Crippen LogP contribution in [0.25, 0.3) is 0 Å². The van der Waals surface area contributed by atoms with Gasteiger partial charge in [0.05, 0.1) is 22.4 Å². The average Bonchev–Trinajstić information content (AvgIpc) is 2.44. The van der Waals surface area contributed by atoms with E-state index in [0.717, 1.165) is 22.4 Å². The molecule has 5 nitrogen and oxygen atoms in total. The summed E-state index contributed by atoms with van der Waals surface area (Å²) in [5.74, 6) is -0.821. The molecule has 0 fully saturated rings. The SMILES string of the molecule is CCn1nc(C)c(Br)c1CN(C)CC(=O)O. The van der Waals surface area contributed by atoms with Crippen molar-refractivity contribution in [2.45, 2.75) is 26.9 Å². The maximum Gasteiger partial charge on any atom is 0.317 e. The highest BCUT2D eigenvalue weighted by Crippen LogP contribution is 2.21. The molecule has 0 aromatic carbocycles. The zero-order chi connectivity index (χ0) is 12.3. The van der Waals surface area contributed by atoms with Crippen LogP contribution in [0.15, 0.2) is 4.47 Å². The maximum atomic E-state index is 10.6. The first kappa shape index (κ1) is 13.2. The number of carbonyl (C=O) groups is 1. The fraction of sp³-hybridized carbons (Fsp3) is 0.600. The fourth-order valence-electron chi connectivity index (χ4n) is 1.56. The predicted molar refractivity (Wildman–Crippen MR) is 64.3 cm³/mol. The van der Waals surface area contributed by atoms with E-state index in [1.807, 2.05) is 18.5 Å². The van der Waals surface area contributed by atoms with Gasteiger partial charge in [-0.15, -0.1) is 0 Å². The lowest BCUT2D eigenvalue weighted by molar-refractivity contribution is -0.138. The minimum absolute atomic E-state index is 0.0282. The molecule has 0 spiro atoms. The fourth-order valence-corrected chi connectivity index (χ4v) is 1.97. The van der Waals surface area contributed by atoms with Gasteiger partial charge in [0.25, 0.3) is 0 Å². The van der Waals surface area contributed by atoms with Crippen molar-refractivity contribution in [3.05, 3.63) is 15.9 Å². The molecule has 0 atom stereocenters. The summed E-state index contributed by atoms with van der Waals surface area (Å²) in [5.41, 5.74) is 1.95. The van der Waals surface area contributed by atoms with Crippen molar-refractivity contribution in [2.24, 2.45) is 0 Å². The second kappa shape index (κ2) is 5.45. The topological polar surface area (TPSA) is 58.4 Å². The largest absolute Gasteiger partial charge is 0.480 e. The number of rotatable bonds is 5. The number of nitrogens with zero attached hydrogens (tertiary/aromatic N) is 3. The van der Waals surface area contributed by atoms with Crippen molar-refractivity contribution in [1.29, 1.82) is 0 Å². The van der Waals surface area contributed by atoms with Crippen LogP contribution in [-0.2, 0) is 17.9 Å². The number of aryl methyl sites for hydroxylation is 2. The van der Waals surface area contributed by atoms with Crippen molar-refractivity contribution in [2.75, 3.05) is 13.6 Å². The molecule has 0 radical (unpaired) electrons. The molecule has 6 heteroatoms. The molecule has 0 aliphatic carbocycles. The molecular weight excluding hydrogens is 274 g/mol. The third kappa shape index (κ3) is 3.05. The highest BCUT2D eigenvalue weighted by Gasteiger charge is 2.14. The Balaban J connectivity index is 2.83. The number of carboxylic acid groups (broad SMARTS) is 1. The van der Waals surface area contributed by atoms with Gasteiger partial charge in [-0.05, 0) is 36.8 Å². The van der Waals surface area contributed by atoms with Gasteiger partial charge in [0, 0.05) is 13.1 Å². The molecule has 0 unspecified atom stereocenters. The van der Waals surface area contributed by atoms with Crippen LogP contribution in [0.5, 0.6) is 0 Å². The van der Waals surface area contributed by atoms with Crippen molar-refractivity contribution in [3.8, 4) is 0 Å². The Morgan fingerprint density at radius 3 is 2.75 bits per heavy atom. The van der Waals surface area contributed by atoms with Crippen molar-refractivity contribution in [1.82, 2.24) is 14.7 Å². The second-order valence-electron chi connectivity index (χ2n) is 3.73. The van der Waals surface area contributed by atoms with Crippen LogP contribution in [-0.4, -0.2) is 39.3 Å². The first-order valence-electron chi connectivity index (χ1n) is 5.07. The predicted octanol–water partition coefficient (Wildman–Crippen LogP) is 1.49. The number of aromatic nitrogens is 2. The first-order valence-corrected chi connectivity index (χ1v) is 5.87. The van der Waals surface area contributed by atoms with Gasteiger partial charge in [0.1, 0.15) is 0 Å². The smallest absolute Gasteiger partial charge is 0.317 e. The number of halogens is 1. The lowest BCUT2D eigenvalue weighted by Gasteiger charge is -2.15. The van der Waals surface area contributed by atoms with Crippen LogP contribution in [0.2, 0.25) is 0 Å². The van der Waals surface area contributed by atoms with Crippen LogP contribution < -0.4 is 0 Å².